The van der Waals surface area contributed by atoms with E-state index in [0.29, 0.717) is 51.3 Å². The summed E-state index contributed by atoms with van der Waals surface area (Å²) in [4.78, 5) is 0.354. The molecule has 13 heteroatoms. The van der Waals surface area contributed by atoms with Crippen molar-refractivity contribution in [2.75, 3.05) is 39.9 Å². The number of hydrogen-bond acceptors (Lipinski definition) is 9. The molecule has 2 heterocycles. The molecule has 5 N–H and O–H groups in total. The highest BCUT2D eigenvalue weighted by atomic mass is 32.2. The van der Waals surface area contributed by atoms with Gasteiger partial charge in [-0.1, -0.05) is 42.5 Å². The summed E-state index contributed by atoms with van der Waals surface area (Å²) < 4.78 is 66.7. The maximum atomic E-state index is 13.5. The van der Waals surface area contributed by atoms with Gasteiger partial charge < -0.3 is 25.6 Å². The van der Waals surface area contributed by atoms with Crippen molar-refractivity contribution in [2.45, 2.75) is 53.3 Å². The molecule has 0 aromatic heterocycles. The number of nitrogens with one attached hydrogen (secondary N) is 2. The third-order valence-electron chi connectivity index (χ3n) is 8.31. The van der Waals surface area contributed by atoms with E-state index in [0.717, 1.165) is 16.7 Å². The van der Waals surface area contributed by atoms with Crippen molar-refractivity contribution in [3.63, 3.8) is 0 Å². The summed E-state index contributed by atoms with van der Waals surface area (Å²) in [5, 5.41) is 13.8. The van der Waals surface area contributed by atoms with Gasteiger partial charge in [0, 0.05) is 38.3 Å². The minimum Gasteiger partial charge on any atom is -0.491 e. The van der Waals surface area contributed by atoms with Crippen LogP contribution in [0.2, 0.25) is 0 Å². The number of nitrogens with two attached hydrogens (primary N) is 1. The third kappa shape index (κ3) is 7.49. The Morgan fingerprint density at radius 2 is 1.70 bits per heavy atom. The first-order valence-electron chi connectivity index (χ1n) is 14.6. The molecule has 3 aromatic carbocycles. The van der Waals surface area contributed by atoms with Gasteiger partial charge in [-0.15, -0.1) is 0 Å². The zero-order valence-corrected chi connectivity index (χ0v) is 26.3. The first-order valence-corrected chi connectivity index (χ1v) is 17.6. The molecule has 2 fully saturated rings. The van der Waals surface area contributed by atoms with E-state index >= 15 is 0 Å². The Hall–Kier alpha value is -2.88. The maximum Gasteiger partial charge on any atom is 0.243 e. The summed E-state index contributed by atoms with van der Waals surface area (Å²) in [5.74, 6) is 0.345. The molecule has 1 spiro atoms. The second kappa shape index (κ2) is 13.6. The van der Waals surface area contributed by atoms with Crippen molar-refractivity contribution in [1.82, 2.24) is 14.3 Å². The van der Waals surface area contributed by atoms with Crippen LogP contribution in [0.15, 0.2) is 82.6 Å². The molecule has 2 saturated heterocycles. The van der Waals surface area contributed by atoms with Crippen LogP contribution in [0, 0.1) is 0 Å². The Morgan fingerprint density at radius 3 is 2.41 bits per heavy atom. The molecule has 3 aromatic rings. The third-order valence-corrected chi connectivity index (χ3v) is 11.6. The molecule has 0 amide bonds. The number of piperidine rings is 1. The predicted molar refractivity (Wildman–Crippen MR) is 167 cm³/mol. The average molecular weight is 645 g/mol. The van der Waals surface area contributed by atoms with Crippen LogP contribution in [-0.2, 0) is 31.3 Å². The Balaban J connectivity index is 1.10. The van der Waals surface area contributed by atoms with E-state index < -0.39 is 31.8 Å². The van der Waals surface area contributed by atoms with E-state index in [1.165, 1.54) is 23.5 Å². The Labute approximate surface area is 259 Å². The minimum atomic E-state index is -3.67. The van der Waals surface area contributed by atoms with Crippen molar-refractivity contribution in [2.24, 2.45) is 5.73 Å². The zero-order chi connectivity index (χ0) is 31.4. The molecule has 0 radical (unpaired) electrons. The fourth-order valence-corrected chi connectivity index (χ4v) is 7.93. The first kappa shape index (κ1) is 32.5. The SMILES string of the molecule is CNS(=O)(=O)c1cccc(OCC(O)CN[C@@H]2COC3(CCN(S(=O)(=O)c4cccc(-c5ccc(CN)cc5)c4)CC3)C2)c1. The molecule has 238 valence electrons. The number of aliphatic hydroxyl groups is 1. The lowest BCUT2D eigenvalue weighted by Crippen LogP contribution is -2.47. The lowest BCUT2D eigenvalue weighted by Gasteiger charge is -2.38. The molecule has 0 saturated carbocycles. The summed E-state index contributed by atoms with van der Waals surface area (Å²) >= 11 is 0. The average Bonchev–Trinajstić information content (AvgIpc) is 3.45. The fraction of sp³-hybridized carbons (Fsp3) is 0.419. The number of rotatable bonds is 12. The minimum absolute atomic E-state index is 0.0121. The van der Waals surface area contributed by atoms with Gasteiger partial charge in [0.25, 0.3) is 0 Å². The van der Waals surface area contributed by atoms with Crippen LogP contribution in [0.3, 0.4) is 0 Å². The van der Waals surface area contributed by atoms with Crippen molar-refractivity contribution >= 4 is 20.0 Å². The summed E-state index contributed by atoms with van der Waals surface area (Å²) in [6.45, 7) is 1.90. The Morgan fingerprint density at radius 1 is 1.00 bits per heavy atom. The number of ether oxygens (including phenoxy) is 2. The number of nitrogens with zero attached hydrogens (tertiary/aromatic N) is 1. The predicted octanol–water partition coefficient (Wildman–Crippen LogP) is 2.06. The monoisotopic (exact) mass is 644 g/mol. The molecule has 5 rings (SSSR count). The molecule has 1 unspecified atom stereocenters. The maximum absolute atomic E-state index is 13.5. The Bertz CT molecular complexity index is 1640. The van der Waals surface area contributed by atoms with Gasteiger partial charge in [-0.25, -0.2) is 21.6 Å². The molecular weight excluding hydrogens is 604 g/mol. The summed E-state index contributed by atoms with van der Waals surface area (Å²) in [7, 11) is -5.92. The molecular formula is C31H40N4O7S2. The quantitative estimate of drug-likeness (QED) is 0.231. The van der Waals surface area contributed by atoms with Gasteiger partial charge in [0.2, 0.25) is 20.0 Å². The van der Waals surface area contributed by atoms with Crippen LogP contribution >= 0.6 is 0 Å². The van der Waals surface area contributed by atoms with Crippen molar-refractivity contribution in [3.05, 3.63) is 78.4 Å². The largest absolute Gasteiger partial charge is 0.491 e. The lowest BCUT2D eigenvalue weighted by molar-refractivity contribution is -0.0312. The highest BCUT2D eigenvalue weighted by molar-refractivity contribution is 7.89. The van der Waals surface area contributed by atoms with Gasteiger partial charge in [-0.2, -0.15) is 4.31 Å². The molecule has 0 aliphatic carbocycles. The van der Waals surface area contributed by atoms with Crippen molar-refractivity contribution in [3.8, 4) is 16.9 Å². The van der Waals surface area contributed by atoms with Gasteiger partial charge in [-0.05, 0) is 67.3 Å². The topological polar surface area (TPSA) is 160 Å². The van der Waals surface area contributed by atoms with Gasteiger partial charge in [0.1, 0.15) is 18.5 Å². The van der Waals surface area contributed by atoms with Crippen LogP contribution in [0.25, 0.3) is 11.1 Å². The van der Waals surface area contributed by atoms with Crippen LogP contribution in [0.4, 0.5) is 0 Å². The van der Waals surface area contributed by atoms with Crippen LogP contribution < -0.4 is 20.5 Å². The number of hydrogen-bond donors (Lipinski definition) is 4. The summed E-state index contributed by atoms with van der Waals surface area (Å²) in [6, 6.07) is 20.9. The first-order chi connectivity index (χ1) is 21.0. The van der Waals surface area contributed by atoms with Gasteiger partial charge in [0.05, 0.1) is 22.0 Å². The van der Waals surface area contributed by atoms with E-state index in [2.05, 4.69) is 10.0 Å². The zero-order valence-electron chi connectivity index (χ0n) is 24.7. The van der Waals surface area contributed by atoms with Crippen LogP contribution in [0.1, 0.15) is 24.8 Å². The van der Waals surface area contributed by atoms with E-state index in [1.807, 2.05) is 30.3 Å². The van der Waals surface area contributed by atoms with E-state index in [1.54, 1.807) is 30.3 Å². The van der Waals surface area contributed by atoms with E-state index in [9.17, 15) is 21.9 Å². The van der Waals surface area contributed by atoms with Gasteiger partial charge in [-0.3, -0.25) is 0 Å². The van der Waals surface area contributed by atoms with Crippen molar-refractivity contribution in [1.29, 1.82) is 0 Å². The highest BCUT2D eigenvalue weighted by Gasteiger charge is 2.44. The standard InChI is InChI=1S/C31H40N4O7S2/c1-33-43(37,38)29-6-3-5-28(17-29)41-22-27(36)20-34-26-18-31(42-21-26)12-14-35(15-13-31)44(39,40)30-7-2-4-25(16-30)24-10-8-23(19-32)9-11-24/h2-11,16-17,26-27,33-34,36H,12-15,18-22,32H2,1H3/t26-,27?/m0/s1. The molecule has 2 atom stereocenters. The van der Waals surface area contributed by atoms with E-state index in [-0.39, 0.29) is 29.0 Å². The fourth-order valence-electron chi connectivity index (χ4n) is 5.68. The number of sulfonamides is 2. The van der Waals surface area contributed by atoms with Crippen molar-refractivity contribution < 1.29 is 31.4 Å². The molecule has 11 nitrogen and oxygen atoms in total. The number of benzene rings is 3. The van der Waals surface area contributed by atoms with Gasteiger partial charge in [0.15, 0.2) is 0 Å². The lowest BCUT2D eigenvalue weighted by atomic mass is 9.88. The Kier molecular flexibility index (Phi) is 10.1. The molecule has 2 aliphatic heterocycles. The van der Waals surface area contributed by atoms with Crippen LogP contribution in [0.5, 0.6) is 5.75 Å². The van der Waals surface area contributed by atoms with Crippen LogP contribution in [-0.4, -0.2) is 83.9 Å². The summed E-state index contributed by atoms with van der Waals surface area (Å²) in [5.41, 5.74) is 8.07. The second-order valence-corrected chi connectivity index (χ2v) is 15.1. The highest BCUT2D eigenvalue weighted by Crippen LogP contribution is 2.37. The number of aliphatic hydroxyl groups excluding tert-OH is 1. The molecule has 44 heavy (non-hydrogen) atoms. The normalized spacial score (nSPS) is 19.7. The van der Waals surface area contributed by atoms with Gasteiger partial charge >= 0.3 is 0 Å². The smallest absolute Gasteiger partial charge is 0.243 e. The molecule has 2 aliphatic rings. The summed E-state index contributed by atoms with van der Waals surface area (Å²) in [6.07, 6.45) is 1.06. The van der Waals surface area contributed by atoms with E-state index in [4.69, 9.17) is 15.2 Å². The second-order valence-electron chi connectivity index (χ2n) is 11.3. The molecule has 0 bridgehead atoms.